The van der Waals surface area contributed by atoms with Crippen LogP contribution in [0.4, 0.5) is 5.69 Å². The third-order valence-electron chi connectivity index (χ3n) is 11.2. The Hall–Kier alpha value is -3.31. The van der Waals surface area contributed by atoms with Gasteiger partial charge >= 0.3 is 0 Å². The fourth-order valence-electron chi connectivity index (χ4n) is 7.71. The lowest BCUT2D eigenvalue weighted by Crippen LogP contribution is -2.48. The Bertz CT molecular complexity index is 1970. The summed E-state index contributed by atoms with van der Waals surface area (Å²) in [6.07, 6.45) is 2.89. The molecule has 11 nitrogen and oxygen atoms in total. The fourth-order valence-corrected chi connectivity index (χ4v) is 12.5. The van der Waals surface area contributed by atoms with Gasteiger partial charge < -0.3 is 23.7 Å². The van der Waals surface area contributed by atoms with Gasteiger partial charge in [-0.15, -0.1) is 23.5 Å². The molecule has 1 fully saturated rings. The van der Waals surface area contributed by atoms with Crippen molar-refractivity contribution >= 4 is 39.2 Å². The van der Waals surface area contributed by atoms with Gasteiger partial charge in [0.2, 0.25) is 10.0 Å². The van der Waals surface area contributed by atoms with Gasteiger partial charge in [0.25, 0.3) is 5.69 Å². The fraction of sp³-hybridized carbons (Fsp3) is 0.500. The van der Waals surface area contributed by atoms with Gasteiger partial charge in [-0.05, 0) is 83.8 Å². The minimum absolute atomic E-state index is 0.00298. The molecule has 0 unspecified atom stereocenters. The molecule has 0 radical (unpaired) electrons. The van der Waals surface area contributed by atoms with Crippen LogP contribution in [-0.4, -0.2) is 74.3 Å². The number of sulfonamides is 1. The average molecular weight is 909 g/mol. The number of nitrogens with zero attached hydrogens (tertiary/aromatic N) is 1. The Balaban J connectivity index is 1.37. The third kappa shape index (κ3) is 16.0. The Labute approximate surface area is 377 Å². The van der Waals surface area contributed by atoms with E-state index in [1.165, 1.54) is 24.3 Å². The quantitative estimate of drug-likeness (QED) is 0.0252. The molecular formula is C48H64N2O9S3. The Kier molecular flexibility index (Phi) is 20.7. The molecule has 1 aliphatic rings. The van der Waals surface area contributed by atoms with Crippen LogP contribution in [0.25, 0.3) is 0 Å². The maximum absolute atomic E-state index is 13.2. The SMILES string of the molecule is COCO[C@H]([C@@H](C[C@H](C)CCOCc1ccccc1)OCc1ccccc1)[C@@H](CC1([C@@H](C)C[C@@H](C)CNS(=O)(=O)c2ccc([N+](=O)[O-])cc2)SCCCS1)OCc1ccccc1. The zero-order chi connectivity index (χ0) is 44.2. The van der Waals surface area contributed by atoms with Crippen LogP contribution in [0.2, 0.25) is 0 Å². The summed E-state index contributed by atoms with van der Waals surface area (Å²) in [5.74, 6) is 2.40. The van der Waals surface area contributed by atoms with Crippen molar-refractivity contribution in [1.82, 2.24) is 4.72 Å². The molecule has 0 aromatic heterocycles. The summed E-state index contributed by atoms with van der Waals surface area (Å²) in [7, 11) is -2.23. The van der Waals surface area contributed by atoms with Crippen molar-refractivity contribution < 1.29 is 37.0 Å². The number of nitrogens with one attached hydrogen (secondary N) is 1. The average Bonchev–Trinajstić information content (AvgIpc) is 3.29. The number of ether oxygens (including phenoxy) is 5. The van der Waals surface area contributed by atoms with E-state index in [4.69, 9.17) is 23.7 Å². The predicted octanol–water partition coefficient (Wildman–Crippen LogP) is 10.3. The van der Waals surface area contributed by atoms with Crippen molar-refractivity contribution in [3.8, 4) is 0 Å². The zero-order valence-corrected chi connectivity index (χ0v) is 38.9. The first-order valence-corrected chi connectivity index (χ1v) is 25.0. The molecule has 1 heterocycles. The number of benzene rings is 4. The summed E-state index contributed by atoms with van der Waals surface area (Å²) in [5, 5.41) is 11.1. The number of thioether (sulfide) groups is 2. The van der Waals surface area contributed by atoms with Crippen LogP contribution < -0.4 is 4.72 Å². The predicted molar refractivity (Wildman–Crippen MR) is 249 cm³/mol. The molecule has 0 aliphatic carbocycles. The molecule has 0 bridgehead atoms. The number of hydrogen-bond acceptors (Lipinski definition) is 11. The first-order chi connectivity index (χ1) is 30.0. The first-order valence-electron chi connectivity index (χ1n) is 21.5. The van der Waals surface area contributed by atoms with Crippen molar-refractivity contribution in [3.05, 3.63) is 142 Å². The molecule has 1 saturated heterocycles. The lowest BCUT2D eigenvalue weighted by Gasteiger charge is -2.46. The van der Waals surface area contributed by atoms with Crippen LogP contribution in [0.3, 0.4) is 0 Å². The standard InChI is InChI=1S/C48H64N2O9S3/c1-37(25-26-56-33-40-15-8-5-9-16-40)30-45(57-34-41-17-10-6-11-18-41)47(59-36-55-4)46(58-35-42-19-12-7-13-20-42)31-48(60-27-14-28-61-48)39(3)29-38(2)32-49-62(53,54)44-23-21-43(22-24-44)50(51)52/h5-13,15-24,37-39,45-47,49H,14,25-36H2,1-4H3/t37-,38-,39+,45-,46-,47-/m1/s1. The lowest BCUT2D eigenvalue weighted by atomic mass is 9.88. The van der Waals surface area contributed by atoms with E-state index in [0.717, 1.165) is 53.9 Å². The molecule has 62 heavy (non-hydrogen) atoms. The highest BCUT2D eigenvalue weighted by molar-refractivity contribution is 8.18. The van der Waals surface area contributed by atoms with E-state index >= 15 is 0 Å². The second-order valence-electron chi connectivity index (χ2n) is 16.3. The second-order valence-corrected chi connectivity index (χ2v) is 21.2. The number of methoxy groups -OCH3 is 1. The molecule has 0 saturated carbocycles. The van der Waals surface area contributed by atoms with E-state index in [9.17, 15) is 18.5 Å². The van der Waals surface area contributed by atoms with E-state index in [-0.39, 0.29) is 58.0 Å². The van der Waals surface area contributed by atoms with Crippen molar-refractivity contribution in [2.24, 2.45) is 17.8 Å². The van der Waals surface area contributed by atoms with E-state index < -0.39 is 21.1 Å². The smallest absolute Gasteiger partial charge is 0.269 e. The summed E-state index contributed by atoms with van der Waals surface area (Å²) in [6, 6.07) is 35.6. The summed E-state index contributed by atoms with van der Waals surface area (Å²) in [4.78, 5) is 10.6. The maximum Gasteiger partial charge on any atom is 0.269 e. The van der Waals surface area contributed by atoms with E-state index in [1.54, 1.807) is 7.11 Å². The molecular weight excluding hydrogens is 845 g/mol. The maximum atomic E-state index is 13.2. The van der Waals surface area contributed by atoms with Gasteiger partial charge in [0.05, 0.1) is 45.9 Å². The first kappa shape index (κ1) is 49.7. The molecule has 0 amide bonds. The van der Waals surface area contributed by atoms with E-state index in [1.807, 2.05) is 78.1 Å². The van der Waals surface area contributed by atoms with Gasteiger partial charge in [0.1, 0.15) is 12.9 Å². The monoisotopic (exact) mass is 908 g/mol. The van der Waals surface area contributed by atoms with E-state index in [2.05, 4.69) is 61.9 Å². The number of nitro groups is 1. The molecule has 1 N–H and O–H groups in total. The van der Waals surface area contributed by atoms with Gasteiger partial charge in [0, 0.05) is 38.8 Å². The van der Waals surface area contributed by atoms with Crippen LogP contribution in [-0.2, 0) is 53.5 Å². The summed E-state index contributed by atoms with van der Waals surface area (Å²) < 4.78 is 61.4. The molecule has 1 aliphatic heterocycles. The van der Waals surface area contributed by atoms with Crippen LogP contribution in [0, 0.1) is 27.9 Å². The van der Waals surface area contributed by atoms with E-state index in [0.29, 0.717) is 32.8 Å². The number of hydrogen-bond donors (Lipinski definition) is 1. The van der Waals surface area contributed by atoms with Gasteiger partial charge in [-0.2, -0.15) is 0 Å². The number of nitro benzene ring substituents is 1. The normalized spacial score (nSPS) is 17.1. The number of non-ortho nitro benzene ring substituents is 1. The molecule has 4 aromatic carbocycles. The van der Waals surface area contributed by atoms with Crippen molar-refractivity contribution in [2.75, 3.05) is 38.6 Å². The Morgan fingerprint density at radius 1 is 0.726 bits per heavy atom. The van der Waals surface area contributed by atoms with Gasteiger partial charge in [-0.25, -0.2) is 13.1 Å². The highest BCUT2D eigenvalue weighted by Gasteiger charge is 2.45. The number of rotatable bonds is 28. The summed E-state index contributed by atoms with van der Waals surface area (Å²) in [5.41, 5.74) is 3.13. The zero-order valence-electron chi connectivity index (χ0n) is 36.5. The molecule has 14 heteroatoms. The summed E-state index contributed by atoms with van der Waals surface area (Å²) in [6.45, 7) is 8.87. The molecule has 5 rings (SSSR count). The van der Waals surface area contributed by atoms with Crippen LogP contribution in [0.1, 0.15) is 69.6 Å². The second kappa shape index (κ2) is 25.8. The minimum Gasteiger partial charge on any atom is -0.377 e. The van der Waals surface area contributed by atoms with Gasteiger partial charge in [-0.3, -0.25) is 10.1 Å². The molecule has 4 aromatic rings. The van der Waals surface area contributed by atoms with Crippen LogP contribution in [0.5, 0.6) is 0 Å². The van der Waals surface area contributed by atoms with Crippen molar-refractivity contribution in [1.29, 1.82) is 0 Å². The molecule has 6 atom stereocenters. The lowest BCUT2D eigenvalue weighted by molar-refractivity contribution is -0.384. The van der Waals surface area contributed by atoms with Gasteiger partial charge in [-0.1, -0.05) is 112 Å². The van der Waals surface area contributed by atoms with Crippen LogP contribution >= 0.6 is 23.5 Å². The molecule has 338 valence electrons. The Morgan fingerprint density at radius 3 is 1.82 bits per heavy atom. The summed E-state index contributed by atoms with van der Waals surface area (Å²) >= 11 is 3.94. The highest BCUT2D eigenvalue weighted by atomic mass is 32.2. The van der Waals surface area contributed by atoms with Crippen LogP contribution in [0.15, 0.2) is 120 Å². The topological polar surface area (TPSA) is 135 Å². The molecule has 0 spiro atoms. The third-order valence-corrected chi connectivity index (χ3v) is 16.4. The van der Waals surface area contributed by atoms with Gasteiger partial charge in [0.15, 0.2) is 0 Å². The van der Waals surface area contributed by atoms with Crippen molar-refractivity contribution in [2.45, 2.75) is 100.0 Å². The minimum atomic E-state index is -3.87. The highest BCUT2D eigenvalue weighted by Crippen LogP contribution is 2.53. The van der Waals surface area contributed by atoms with Crippen molar-refractivity contribution in [3.63, 3.8) is 0 Å². The Morgan fingerprint density at radius 2 is 1.27 bits per heavy atom. The largest absolute Gasteiger partial charge is 0.377 e.